The standard InChI is InChI=1S/C15H14Br3NO/c1-9-5-12(17)15(13(18)6-9)19-8-10-3-4-14(20-2)11(16)7-10/h3-7,19H,8H2,1-2H3. The number of halogens is 3. The number of hydrogen-bond donors (Lipinski definition) is 1. The van der Waals surface area contributed by atoms with Gasteiger partial charge in [-0.3, -0.25) is 0 Å². The fourth-order valence-electron chi connectivity index (χ4n) is 1.88. The molecule has 0 aliphatic carbocycles. The Morgan fingerprint density at radius 3 is 2.20 bits per heavy atom. The van der Waals surface area contributed by atoms with Crippen LogP contribution in [-0.2, 0) is 6.54 Å². The summed E-state index contributed by atoms with van der Waals surface area (Å²) >= 11 is 10.7. The highest BCUT2D eigenvalue weighted by atomic mass is 79.9. The molecule has 0 radical (unpaired) electrons. The minimum absolute atomic E-state index is 0.739. The summed E-state index contributed by atoms with van der Waals surface area (Å²) in [6, 6.07) is 10.3. The molecule has 0 heterocycles. The second-order valence-electron chi connectivity index (χ2n) is 4.43. The van der Waals surface area contributed by atoms with Crippen molar-refractivity contribution in [3.63, 3.8) is 0 Å². The summed E-state index contributed by atoms with van der Waals surface area (Å²) in [5.74, 6) is 0.839. The van der Waals surface area contributed by atoms with E-state index in [1.54, 1.807) is 7.11 Å². The van der Waals surface area contributed by atoms with Crippen molar-refractivity contribution in [3.8, 4) is 5.75 Å². The van der Waals surface area contributed by atoms with Gasteiger partial charge in [-0.25, -0.2) is 0 Å². The number of benzene rings is 2. The maximum absolute atomic E-state index is 5.23. The largest absolute Gasteiger partial charge is 0.496 e. The molecule has 0 saturated carbocycles. The van der Waals surface area contributed by atoms with Crippen LogP contribution in [0.2, 0.25) is 0 Å². The van der Waals surface area contributed by atoms with Crippen LogP contribution >= 0.6 is 47.8 Å². The van der Waals surface area contributed by atoms with Gasteiger partial charge in [0, 0.05) is 15.5 Å². The van der Waals surface area contributed by atoms with Crippen LogP contribution in [0.1, 0.15) is 11.1 Å². The van der Waals surface area contributed by atoms with Gasteiger partial charge >= 0.3 is 0 Å². The molecular formula is C15H14Br3NO. The maximum Gasteiger partial charge on any atom is 0.133 e. The zero-order valence-electron chi connectivity index (χ0n) is 11.1. The van der Waals surface area contributed by atoms with E-state index in [0.29, 0.717) is 0 Å². The normalized spacial score (nSPS) is 10.4. The molecule has 0 aliphatic heterocycles. The van der Waals surface area contributed by atoms with Crippen molar-refractivity contribution in [1.29, 1.82) is 0 Å². The van der Waals surface area contributed by atoms with E-state index >= 15 is 0 Å². The molecule has 5 heteroatoms. The molecule has 2 rings (SSSR count). The number of ether oxygens (including phenoxy) is 1. The third-order valence-electron chi connectivity index (χ3n) is 2.87. The highest BCUT2D eigenvalue weighted by Crippen LogP contribution is 2.33. The van der Waals surface area contributed by atoms with Gasteiger partial charge in [0.2, 0.25) is 0 Å². The van der Waals surface area contributed by atoms with Gasteiger partial charge in [-0.05, 0) is 90.1 Å². The van der Waals surface area contributed by atoms with Crippen molar-refractivity contribution < 1.29 is 4.74 Å². The lowest BCUT2D eigenvalue weighted by Crippen LogP contribution is -2.01. The van der Waals surface area contributed by atoms with Crippen LogP contribution in [-0.4, -0.2) is 7.11 Å². The van der Waals surface area contributed by atoms with E-state index in [9.17, 15) is 0 Å². The zero-order chi connectivity index (χ0) is 14.7. The molecule has 0 bridgehead atoms. The van der Waals surface area contributed by atoms with Crippen LogP contribution in [0.15, 0.2) is 43.7 Å². The van der Waals surface area contributed by atoms with E-state index in [2.05, 4.69) is 78.2 Å². The van der Waals surface area contributed by atoms with Gasteiger partial charge in [-0.2, -0.15) is 0 Å². The third-order valence-corrected chi connectivity index (χ3v) is 4.74. The Kier molecular flexibility index (Phi) is 5.52. The van der Waals surface area contributed by atoms with Crippen LogP contribution in [0, 0.1) is 6.92 Å². The Balaban J connectivity index is 2.15. The van der Waals surface area contributed by atoms with Gasteiger partial charge in [-0.15, -0.1) is 0 Å². The lowest BCUT2D eigenvalue weighted by atomic mass is 10.2. The molecule has 0 fully saturated rings. The van der Waals surface area contributed by atoms with Crippen molar-refractivity contribution >= 4 is 53.5 Å². The molecule has 0 amide bonds. The van der Waals surface area contributed by atoms with Gasteiger partial charge in [0.1, 0.15) is 5.75 Å². The van der Waals surface area contributed by atoms with Crippen LogP contribution in [0.4, 0.5) is 5.69 Å². The first-order valence-electron chi connectivity index (χ1n) is 6.03. The number of methoxy groups -OCH3 is 1. The molecule has 2 nitrogen and oxygen atoms in total. The Labute approximate surface area is 144 Å². The first kappa shape index (κ1) is 15.9. The molecule has 0 unspecified atom stereocenters. The van der Waals surface area contributed by atoms with Crippen molar-refractivity contribution in [2.45, 2.75) is 13.5 Å². The fraction of sp³-hybridized carbons (Fsp3) is 0.200. The van der Waals surface area contributed by atoms with Crippen LogP contribution < -0.4 is 10.1 Å². The lowest BCUT2D eigenvalue weighted by Gasteiger charge is -2.13. The SMILES string of the molecule is COc1ccc(CNc2c(Br)cc(C)cc2Br)cc1Br. The second kappa shape index (κ2) is 6.96. The summed E-state index contributed by atoms with van der Waals surface area (Å²) < 4.78 is 8.30. The summed E-state index contributed by atoms with van der Waals surface area (Å²) in [7, 11) is 1.67. The number of rotatable bonds is 4. The summed E-state index contributed by atoms with van der Waals surface area (Å²) in [6.07, 6.45) is 0. The number of anilines is 1. The molecule has 0 spiro atoms. The van der Waals surface area contributed by atoms with E-state index in [4.69, 9.17) is 4.74 Å². The predicted octanol–water partition coefficient (Wildman–Crippen LogP) is 5.90. The van der Waals surface area contributed by atoms with Crippen molar-refractivity contribution in [3.05, 3.63) is 54.9 Å². The van der Waals surface area contributed by atoms with Gasteiger partial charge in [-0.1, -0.05) is 6.07 Å². The number of hydrogen-bond acceptors (Lipinski definition) is 2. The topological polar surface area (TPSA) is 21.3 Å². The molecule has 0 aliphatic rings. The highest BCUT2D eigenvalue weighted by molar-refractivity contribution is 9.11. The quantitative estimate of drug-likeness (QED) is 0.609. The molecule has 0 saturated heterocycles. The van der Waals surface area contributed by atoms with E-state index < -0.39 is 0 Å². The average molecular weight is 464 g/mol. The number of aryl methyl sites for hydroxylation is 1. The molecule has 0 aromatic heterocycles. The van der Waals surface area contributed by atoms with Crippen LogP contribution in [0.25, 0.3) is 0 Å². The minimum atomic E-state index is 0.739. The minimum Gasteiger partial charge on any atom is -0.496 e. The zero-order valence-corrected chi connectivity index (χ0v) is 15.9. The summed E-state index contributed by atoms with van der Waals surface area (Å²) in [5.41, 5.74) is 3.45. The molecule has 1 N–H and O–H groups in total. The van der Waals surface area contributed by atoms with Gasteiger partial charge in [0.25, 0.3) is 0 Å². The smallest absolute Gasteiger partial charge is 0.133 e. The molecule has 106 valence electrons. The molecule has 2 aromatic carbocycles. The highest BCUT2D eigenvalue weighted by Gasteiger charge is 2.07. The van der Waals surface area contributed by atoms with Crippen molar-refractivity contribution in [2.24, 2.45) is 0 Å². The van der Waals surface area contributed by atoms with Crippen LogP contribution in [0.3, 0.4) is 0 Å². The van der Waals surface area contributed by atoms with E-state index in [1.165, 1.54) is 11.1 Å². The average Bonchev–Trinajstić information content (AvgIpc) is 2.37. The Bertz CT molecular complexity index is 606. The van der Waals surface area contributed by atoms with Gasteiger partial charge in [0.05, 0.1) is 17.3 Å². The number of nitrogens with one attached hydrogen (secondary N) is 1. The fourth-order valence-corrected chi connectivity index (χ4v) is 4.16. The van der Waals surface area contributed by atoms with Crippen molar-refractivity contribution in [2.75, 3.05) is 12.4 Å². The van der Waals surface area contributed by atoms with Crippen molar-refractivity contribution in [1.82, 2.24) is 0 Å². The van der Waals surface area contributed by atoms with E-state index in [1.807, 2.05) is 12.1 Å². The maximum atomic E-state index is 5.23. The molecular weight excluding hydrogens is 450 g/mol. The van der Waals surface area contributed by atoms with Crippen LogP contribution in [0.5, 0.6) is 5.75 Å². The Morgan fingerprint density at radius 2 is 1.65 bits per heavy atom. The monoisotopic (exact) mass is 461 g/mol. The molecule has 0 atom stereocenters. The summed E-state index contributed by atoms with van der Waals surface area (Å²) in [4.78, 5) is 0. The second-order valence-corrected chi connectivity index (χ2v) is 6.99. The predicted molar refractivity (Wildman–Crippen MR) is 94.6 cm³/mol. The summed E-state index contributed by atoms with van der Waals surface area (Å²) in [5, 5.41) is 3.43. The van der Waals surface area contributed by atoms with Gasteiger partial charge in [0.15, 0.2) is 0 Å². The van der Waals surface area contributed by atoms with E-state index in [0.717, 1.165) is 31.4 Å². The first-order valence-corrected chi connectivity index (χ1v) is 8.41. The Hall–Kier alpha value is -0.520. The summed E-state index contributed by atoms with van der Waals surface area (Å²) in [6.45, 7) is 2.81. The Morgan fingerprint density at radius 1 is 1.00 bits per heavy atom. The molecule has 20 heavy (non-hydrogen) atoms. The third kappa shape index (κ3) is 3.77. The molecule has 2 aromatic rings. The lowest BCUT2D eigenvalue weighted by molar-refractivity contribution is 0.412. The van der Waals surface area contributed by atoms with E-state index in [-0.39, 0.29) is 0 Å². The first-order chi connectivity index (χ1) is 9.51. The van der Waals surface area contributed by atoms with Gasteiger partial charge < -0.3 is 10.1 Å².